The molecule has 0 spiro atoms. The molecule has 1 amide bonds. The van der Waals surface area contributed by atoms with Crippen LogP contribution in [0.25, 0.3) is 10.2 Å². The van der Waals surface area contributed by atoms with E-state index in [1.807, 2.05) is 36.4 Å². The summed E-state index contributed by atoms with van der Waals surface area (Å²) in [6.07, 6.45) is 0. The number of nitro groups is 1. The summed E-state index contributed by atoms with van der Waals surface area (Å²) < 4.78 is 6.63. The van der Waals surface area contributed by atoms with Crippen molar-refractivity contribution < 1.29 is 14.5 Å². The maximum absolute atomic E-state index is 12.5. The highest BCUT2D eigenvalue weighted by Gasteiger charge is 2.20. The molecule has 4 aromatic rings. The Balaban J connectivity index is 1.57. The van der Waals surface area contributed by atoms with Crippen molar-refractivity contribution in [2.75, 3.05) is 5.32 Å². The molecule has 8 heteroatoms. The number of hydrogen-bond donors (Lipinski definition) is 1. The first kappa shape index (κ1) is 17.6. The third-order valence-corrected chi connectivity index (χ3v) is 4.84. The van der Waals surface area contributed by atoms with Crippen LogP contribution < -0.4 is 10.1 Å². The van der Waals surface area contributed by atoms with E-state index in [1.54, 1.807) is 18.2 Å². The first-order valence-electron chi connectivity index (χ1n) is 8.28. The summed E-state index contributed by atoms with van der Waals surface area (Å²) in [7, 11) is 0. The fourth-order valence-corrected chi connectivity index (χ4v) is 3.53. The van der Waals surface area contributed by atoms with Crippen LogP contribution in [0.2, 0.25) is 0 Å². The molecule has 0 saturated carbocycles. The van der Waals surface area contributed by atoms with E-state index in [4.69, 9.17) is 4.74 Å². The zero-order chi connectivity index (χ0) is 19.5. The zero-order valence-corrected chi connectivity index (χ0v) is 15.2. The Morgan fingerprint density at radius 2 is 1.75 bits per heavy atom. The summed E-state index contributed by atoms with van der Waals surface area (Å²) in [5, 5.41) is 14.1. The number of nitro benzene ring substituents is 1. The van der Waals surface area contributed by atoms with Crippen LogP contribution in [0.1, 0.15) is 10.4 Å². The van der Waals surface area contributed by atoms with Gasteiger partial charge in [-0.15, -0.1) is 0 Å². The molecular formula is C20H13N3O4S. The Morgan fingerprint density at radius 3 is 2.54 bits per heavy atom. The summed E-state index contributed by atoms with van der Waals surface area (Å²) >= 11 is 1.27. The van der Waals surface area contributed by atoms with Crippen LogP contribution in [0, 0.1) is 10.1 Å². The van der Waals surface area contributed by atoms with Crippen molar-refractivity contribution in [1.82, 2.24) is 4.98 Å². The molecule has 0 unspecified atom stereocenters. The number of carbonyl (C=O) groups excluding carboxylic acids is 1. The fraction of sp³-hybridized carbons (Fsp3) is 0. The molecule has 0 aliphatic carbocycles. The molecule has 0 saturated heterocycles. The minimum Gasteiger partial charge on any atom is -0.457 e. The lowest BCUT2D eigenvalue weighted by atomic mass is 10.1. The number of ether oxygens (including phenoxy) is 1. The largest absolute Gasteiger partial charge is 0.457 e. The van der Waals surface area contributed by atoms with Crippen molar-refractivity contribution in [2.24, 2.45) is 0 Å². The maximum Gasteiger partial charge on any atom is 0.282 e. The SMILES string of the molecule is O=C(Nc1nc2ccc(Oc3ccccc3)cc2s1)c1ccccc1[N+](=O)[O-]. The molecule has 0 fully saturated rings. The van der Waals surface area contributed by atoms with Crippen molar-refractivity contribution in [1.29, 1.82) is 0 Å². The van der Waals surface area contributed by atoms with Crippen LogP contribution >= 0.6 is 11.3 Å². The normalized spacial score (nSPS) is 10.6. The average molecular weight is 391 g/mol. The van der Waals surface area contributed by atoms with E-state index < -0.39 is 10.8 Å². The van der Waals surface area contributed by atoms with Gasteiger partial charge in [-0.05, 0) is 30.3 Å². The molecule has 0 bridgehead atoms. The summed E-state index contributed by atoms with van der Waals surface area (Å²) in [5.74, 6) is 0.794. The number of benzene rings is 3. The van der Waals surface area contributed by atoms with Crippen LogP contribution in [0.3, 0.4) is 0 Å². The molecule has 3 aromatic carbocycles. The molecule has 0 radical (unpaired) electrons. The number of amides is 1. The maximum atomic E-state index is 12.5. The van der Waals surface area contributed by atoms with Gasteiger partial charge in [0.1, 0.15) is 17.1 Å². The standard InChI is InChI=1S/C20H13N3O4S/c24-19(15-8-4-5-9-17(15)23(25)26)22-20-21-16-11-10-14(12-18(16)28-20)27-13-6-2-1-3-7-13/h1-12H,(H,21,22,24). The van der Waals surface area contributed by atoms with Gasteiger partial charge in [-0.25, -0.2) is 4.98 Å². The second kappa shape index (κ2) is 7.45. The van der Waals surface area contributed by atoms with Gasteiger partial charge in [0.15, 0.2) is 5.13 Å². The van der Waals surface area contributed by atoms with Crippen molar-refractivity contribution in [3.8, 4) is 11.5 Å². The van der Waals surface area contributed by atoms with Gasteiger partial charge in [0.2, 0.25) is 0 Å². The molecule has 1 heterocycles. The van der Waals surface area contributed by atoms with Gasteiger partial charge in [-0.1, -0.05) is 41.7 Å². The van der Waals surface area contributed by atoms with Gasteiger partial charge in [0.25, 0.3) is 11.6 Å². The predicted octanol–water partition coefficient (Wildman–Crippen LogP) is 5.25. The smallest absolute Gasteiger partial charge is 0.282 e. The first-order valence-corrected chi connectivity index (χ1v) is 9.10. The fourth-order valence-electron chi connectivity index (χ4n) is 2.64. The Kier molecular flexibility index (Phi) is 4.69. The molecule has 4 rings (SSSR count). The van der Waals surface area contributed by atoms with Crippen molar-refractivity contribution in [2.45, 2.75) is 0 Å². The summed E-state index contributed by atoms with van der Waals surface area (Å²) in [4.78, 5) is 27.3. The van der Waals surface area contributed by atoms with Gasteiger partial charge < -0.3 is 4.74 Å². The van der Waals surface area contributed by atoms with Crippen LogP contribution in [-0.2, 0) is 0 Å². The molecular weight excluding hydrogens is 378 g/mol. The minimum absolute atomic E-state index is 0.0140. The quantitative estimate of drug-likeness (QED) is 0.370. The molecule has 28 heavy (non-hydrogen) atoms. The number of rotatable bonds is 5. The number of carbonyl (C=O) groups is 1. The molecule has 1 N–H and O–H groups in total. The summed E-state index contributed by atoms with van der Waals surface area (Å²) in [6.45, 7) is 0. The number of para-hydroxylation sites is 2. The van der Waals surface area contributed by atoms with Crippen LogP contribution in [0.4, 0.5) is 10.8 Å². The first-order chi connectivity index (χ1) is 13.6. The highest BCUT2D eigenvalue weighted by molar-refractivity contribution is 7.22. The van der Waals surface area contributed by atoms with Crippen LogP contribution in [0.15, 0.2) is 72.8 Å². The van der Waals surface area contributed by atoms with Crippen molar-refractivity contribution >= 4 is 38.3 Å². The average Bonchev–Trinajstić information content (AvgIpc) is 3.10. The topological polar surface area (TPSA) is 94.4 Å². The lowest BCUT2D eigenvalue weighted by Crippen LogP contribution is -2.13. The minimum atomic E-state index is -0.583. The second-order valence-electron chi connectivity index (χ2n) is 5.79. The van der Waals surface area contributed by atoms with E-state index in [0.29, 0.717) is 16.4 Å². The molecule has 1 aromatic heterocycles. The van der Waals surface area contributed by atoms with Gasteiger partial charge in [-0.3, -0.25) is 20.2 Å². The monoisotopic (exact) mass is 391 g/mol. The number of fused-ring (bicyclic) bond motifs is 1. The lowest BCUT2D eigenvalue weighted by molar-refractivity contribution is -0.385. The molecule has 0 atom stereocenters. The van der Waals surface area contributed by atoms with E-state index in [-0.39, 0.29) is 11.3 Å². The number of nitrogens with zero attached hydrogens (tertiary/aromatic N) is 2. The number of nitrogens with one attached hydrogen (secondary N) is 1. The third-order valence-electron chi connectivity index (χ3n) is 3.90. The molecule has 0 aliphatic heterocycles. The lowest BCUT2D eigenvalue weighted by Gasteiger charge is -2.04. The molecule has 138 valence electrons. The van der Waals surface area contributed by atoms with E-state index in [9.17, 15) is 14.9 Å². The number of hydrogen-bond acceptors (Lipinski definition) is 6. The highest BCUT2D eigenvalue weighted by Crippen LogP contribution is 2.31. The summed E-state index contributed by atoms with van der Waals surface area (Å²) in [5.41, 5.74) is 0.433. The van der Waals surface area contributed by atoms with E-state index in [0.717, 1.165) is 10.4 Å². The number of thiazole rings is 1. The number of aromatic nitrogens is 1. The Hall–Kier alpha value is -3.78. The molecule has 0 aliphatic rings. The van der Waals surface area contributed by atoms with Gasteiger partial charge in [0, 0.05) is 12.1 Å². The number of anilines is 1. The second-order valence-corrected chi connectivity index (χ2v) is 6.82. The Morgan fingerprint density at radius 1 is 1.00 bits per heavy atom. The van der Waals surface area contributed by atoms with E-state index >= 15 is 0 Å². The van der Waals surface area contributed by atoms with Crippen molar-refractivity contribution in [3.05, 3.63) is 88.5 Å². The molecule has 7 nitrogen and oxygen atoms in total. The van der Waals surface area contributed by atoms with E-state index in [1.165, 1.54) is 29.5 Å². The van der Waals surface area contributed by atoms with E-state index in [2.05, 4.69) is 10.3 Å². The Labute approximate surface area is 163 Å². The predicted molar refractivity (Wildman–Crippen MR) is 107 cm³/mol. The van der Waals surface area contributed by atoms with Crippen LogP contribution in [0.5, 0.6) is 11.5 Å². The van der Waals surface area contributed by atoms with Gasteiger partial charge in [0.05, 0.1) is 15.1 Å². The van der Waals surface area contributed by atoms with Gasteiger partial charge in [-0.2, -0.15) is 0 Å². The third kappa shape index (κ3) is 3.67. The Bertz CT molecular complexity index is 1170. The zero-order valence-electron chi connectivity index (χ0n) is 14.4. The summed E-state index contributed by atoms with van der Waals surface area (Å²) in [6, 6.07) is 20.6. The van der Waals surface area contributed by atoms with Crippen LogP contribution in [-0.4, -0.2) is 15.8 Å². The highest BCUT2D eigenvalue weighted by atomic mass is 32.1. The van der Waals surface area contributed by atoms with Crippen molar-refractivity contribution in [3.63, 3.8) is 0 Å². The van der Waals surface area contributed by atoms with Gasteiger partial charge >= 0.3 is 0 Å².